The third kappa shape index (κ3) is 6.07. The summed E-state index contributed by atoms with van der Waals surface area (Å²) < 4.78 is 40.7. The minimum Gasteiger partial charge on any atom is -0.406 e. The summed E-state index contributed by atoms with van der Waals surface area (Å²) in [6, 6.07) is 11.8. The molecule has 1 heterocycles. The molecule has 166 valence electrons. The number of ether oxygens (including phenoxy) is 1. The second-order valence-electron chi connectivity index (χ2n) is 7.32. The van der Waals surface area contributed by atoms with Crippen LogP contribution in [0, 0.1) is 5.41 Å². The zero-order valence-corrected chi connectivity index (χ0v) is 18.4. The van der Waals surface area contributed by atoms with Crippen molar-refractivity contribution in [1.82, 2.24) is 5.01 Å². The van der Waals surface area contributed by atoms with Gasteiger partial charge < -0.3 is 10.1 Å². The van der Waals surface area contributed by atoms with Crippen LogP contribution in [-0.4, -0.2) is 41.7 Å². The van der Waals surface area contributed by atoms with Gasteiger partial charge in [-0.25, -0.2) is 9.80 Å². The highest BCUT2D eigenvalue weighted by Crippen LogP contribution is 2.36. The second kappa shape index (κ2) is 9.40. The fraction of sp³-hybridized carbons (Fsp3) is 0.333. The number of anilines is 1. The van der Waals surface area contributed by atoms with E-state index in [-0.39, 0.29) is 11.2 Å². The van der Waals surface area contributed by atoms with E-state index in [0.717, 1.165) is 35.6 Å². The molecular formula is C21H21ClF3N3O2S. The number of rotatable bonds is 6. The van der Waals surface area contributed by atoms with E-state index in [4.69, 9.17) is 11.6 Å². The van der Waals surface area contributed by atoms with E-state index < -0.39 is 12.4 Å². The molecule has 0 aliphatic carbocycles. The SMILES string of the molecule is CSCCC1(C)CN(C(=O)Nc2ccc(OC(F)(F)F)cc2)N=C1c1ccc(Cl)cc1. The molecule has 1 unspecified atom stereocenters. The van der Waals surface area contributed by atoms with E-state index in [2.05, 4.69) is 22.1 Å². The van der Waals surface area contributed by atoms with E-state index in [1.54, 1.807) is 23.9 Å². The molecule has 5 nitrogen and oxygen atoms in total. The molecule has 10 heteroatoms. The first kappa shape index (κ1) is 23.3. The van der Waals surface area contributed by atoms with Crippen LogP contribution in [0.3, 0.4) is 0 Å². The van der Waals surface area contributed by atoms with Crippen molar-refractivity contribution < 1.29 is 22.7 Å². The van der Waals surface area contributed by atoms with Crippen LogP contribution in [0.5, 0.6) is 5.75 Å². The number of hydrogen-bond donors (Lipinski definition) is 1. The largest absolute Gasteiger partial charge is 0.573 e. The Morgan fingerprint density at radius 1 is 1.23 bits per heavy atom. The first-order valence-corrected chi connectivity index (χ1v) is 11.2. The number of hydrogen-bond acceptors (Lipinski definition) is 4. The Hall–Kier alpha value is -2.39. The van der Waals surface area contributed by atoms with E-state index in [9.17, 15) is 18.0 Å². The van der Waals surface area contributed by atoms with Gasteiger partial charge in [0.2, 0.25) is 0 Å². The van der Waals surface area contributed by atoms with Gasteiger partial charge in [0.1, 0.15) is 5.75 Å². The molecule has 0 bridgehead atoms. The molecular weight excluding hydrogens is 451 g/mol. The predicted octanol–water partition coefficient (Wildman–Crippen LogP) is 6.25. The lowest BCUT2D eigenvalue weighted by Gasteiger charge is -2.26. The zero-order chi connectivity index (χ0) is 22.6. The lowest BCUT2D eigenvalue weighted by Crippen LogP contribution is -2.36. The van der Waals surface area contributed by atoms with Crippen LogP contribution in [0.1, 0.15) is 18.9 Å². The van der Waals surface area contributed by atoms with Crippen molar-refractivity contribution in [3.63, 3.8) is 0 Å². The molecule has 1 atom stereocenters. The summed E-state index contributed by atoms with van der Waals surface area (Å²) in [5, 5.41) is 9.20. The topological polar surface area (TPSA) is 53.9 Å². The highest BCUT2D eigenvalue weighted by atomic mass is 35.5. The highest BCUT2D eigenvalue weighted by Gasteiger charge is 2.41. The number of carbonyl (C=O) groups excluding carboxylic acids is 1. The number of halogens is 4. The Morgan fingerprint density at radius 3 is 2.45 bits per heavy atom. The number of benzene rings is 2. The number of nitrogens with one attached hydrogen (secondary N) is 1. The molecule has 0 saturated heterocycles. The summed E-state index contributed by atoms with van der Waals surface area (Å²) in [6.07, 6.45) is -1.93. The van der Waals surface area contributed by atoms with Crippen LogP contribution in [0.4, 0.5) is 23.7 Å². The van der Waals surface area contributed by atoms with Gasteiger partial charge in [0.25, 0.3) is 0 Å². The molecule has 1 aliphatic rings. The van der Waals surface area contributed by atoms with Gasteiger partial charge in [0.15, 0.2) is 0 Å². The van der Waals surface area contributed by atoms with Crippen LogP contribution in [0.15, 0.2) is 53.6 Å². The predicted molar refractivity (Wildman–Crippen MR) is 118 cm³/mol. The van der Waals surface area contributed by atoms with Crippen molar-refractivity contribution in [1.29, 1.82) is 0 Å². The molecule has 0 spiro atoms. The van der Waals surface area contributed by atoms with Gasteiger partial charge in [-0.15, -0.1) is 13.2 Å². The molecule has 1 aliphatic heterocycles. The maximum Gasteiger partial charge on any atom is 0.573 e. The lowest BCUT2D eigenvalue weighted by molar-refractivity contribution is -0.274. The summed E-state index contributed by atoms with van der Waals surface area (Å²) in [6.45, 7) is 2.44. The molecule has 31 heavy (non-hydrogen) atoms. The Morgan fingerprint density at radius 2 is 1.87 bits per heavy atom. The van der Waals surface area contributed by atoms with Gasteiger partial charge in [0.05, 0.1) is 12.3 Å². The maximum absolute atomic E-state index is 12.8. The number of thioether (sulfide) groups is 1. The Kier molecular flexibility index (Phi) is 7.06. The zero-order valence-electron chi connectivity index (χ0n) is 16.9. The molecule has 2 amide bonds. The summed E-state index contributed by atoms with van der Waals surface area (Å²) in [7, 11) is 0. The van der Waals surface area contributed by atoms with Crippen molar-refractivity contribution in [2.24, 2.45) is 10.5 Å². The summed E-state index contributed by atoms with van der Waals surface area (Å²) in [5.74, 6) is 0.540. The smallest absolute Gasteiger partial charge is 0.406 e. The molecule has 2 aromatic rings. The number of amides is 2. The number of urea groups is 1. The van der Waals surface area contributed by atoms with Crippen molar-refractivity contribution in [2.75, 3.05) is 23.9 Å². The minimum atomic E-state index is -4.77. The Bertz CT molecular complexity index is 952. The summed E-state index contributed by atoms with van der Waals surface area (Å²) >= 11 is 7.72. The monoisotopic (exact) mass is 471 g/mol. The van der Waals surface area contributed by atoms with Crippen molar-refractivity contribution >= 4 is 40.8 Å². The van der Waals surface area contributed by atoms with Crippen LogP contribution < -0.4 is 10.1 Å². The summed E-state index contributed by atoms with van der Waals surface area (Å²) in [5.41, 5.74) is 1.67. The first-order chi connectivity index (χ1) is 14.6. The first-order valence-electron chi connectivity index (χ1n) is 9.38. The van der Waals surface area contributed by atoms with Crippen molar-refractivity contribution in [3.8, 4) is 5.75 Å². The molecule has 0 fully saturated rings. The molecule has 1 N–H and O–H groups in total. The van der Waals surface area contributed by atoms with E-state index in [1.807, 2.05) is 18.4 Å². The van der Waals surface area contributed by atoms with E-state index in [1.165, 1.54) is 17.1 Å². The Labute approximate surface area is 187 Å². The molecule has 3 rings (SSSR count). The number of carbonyl (C=O) groups is 1. The fourth-order valence-electron chi connectivity index (χ4n) is 3.27. The van der Waals surface area contributed by atoms with Crippen molar-refractivity contribution in [3.05, 3.63) is 59.1 Å². The normalized spacial score (nSPS) is 18.6. The number of alkyl halides is 3. The second-order valence-corrected chi connectivity index (χ2v) is 8.74. The maximum atomic E-state index is 12.8. The average Bonchev–Trinajstić information content (AvgIpc) is 3.05. The quantitative estimate of drug-likeness (QED) is 0.541. The Balaban J connectivity index is 1.76. The van der Waals surface area contributed by atoms with Gasteiger partial charge in [-0.3, -0.25) is 0 Å². The molecule has 0 radical (unpaired) electrons. The average molecular weight is 472 g/mol. The minimum absolute atomic E-state index is 0.334. The fourth-order valence-corrected chi connectivity index (χ4v) is 4.05. The number of hydrazone groups is 1. The van der Waals surface area contributed by atoms with Crippen LogP contribution >= 0.6 is 23.4 Å². The van der Waals surface area contributed by atoms with Crippen LogP contribution in [-0.2, 0) is 0 Å². The van der Waals surface area contributed by atoms with E-state index in [0.29, 0.717) is 17.3 Å². The van der Waals surface area contributed by atoms with Gasteiger partial charge in [0, 0.05) is 16.1 Å². The highest BCUT2D eigenvalue weighted by molar-refractivity contribution is 7.98. The molecule has 0 aromatic heterocycles. The van der Waals surface area contributed by atoms with Gasteiger partial charge in [-0.1, -0.05) is 30.7 Å². The molecule has 2 aromatic carbocycles. The van der Waals surface area contributed by atoms with E-state index >= 15 is 0 Å². The van der Waals surface area contributed by atoms with Gasteiger partial charge in [-0.2, -0.15) is 16.9 Å². The third-order valence-corrected chi connectivity index (χ3v) is 5.70. The standard InChI is InChI=1S/C21H21ClF3N3O2S/c1-20(11-12-31-2)13-28(27-18(20)14-3-5-15(22)6-4-14)19(29)26-16-7-9-17(10-8-16)30-21(23,24)25/h3-10H,11-13H2,1-2H3,(H,26,29). The van der Waals surface area contributed by atoms with Crippen LogP contribution in [0.25, 0.3) is 0 Å². The van der Waals surface area contributed by atoms with Gasteiger partial charge in [-0.05, 0) is 60.4 Å². The molecule has 0 saturated carbocycles. The third-order valence-electron chi connectivity index (χ3n) is 4.84. The summed E-state index contributed by atoms with van der Waals surface area (Å²) in [4.78, 5) is 12.8. The number of nitrogens with zero attached hydrogens (tertiary/aromatic N) is 2. The van der Waals surface area contributed by atoms with Gasteiger partial charge >= 0.3 is 12.4 Å². The lowest BCUT2D eigenvalue weighted by atomic mass is 9.80. The van der Waals surface area contributed by atoms with Crippen LogP contribution in [0.2, 0.25) is 5.02 Å². The van der Waals surface area contributed by atoms with Crippen molar-refractivity contribution in [2.45, 2.75) is 19.7 Å².